The molecule has 0 atom stereocenters. The molecule has 0 spiro atoms. The molecule has 1 N–H and O–H groups in total. The summed E-state index contributed by atoms with van der Waals surface area (Å²) in [6.45, 7) is 0. The van der Waals surface area contributed by atoms with Gasteiger partial charge in [-0.2, -0.15) is 10.4 Å². The van der Waals surface area contributed by atoms with E-state index >= 15 is 0 Å². The molecule has 51 valence electrons. The number of nitrogens with zero attached hydrogens (tertiary/aromatic N) is 2. The topological polar surface area (TPSA) is 52.5 Å². The number of benzene rings is 1. The summed E-state index contributed by atoms with van der Waals surface area (Å²) in [6.07, 6.45) is 0. The van der Waals surface area contributed by atoms with Crippen molar-refractivity contribution in [3.63, 3.8) is 0 Å². The zero-order valence-corrected chi connectivity index (χ0v) is 5.63. The van der Waals surface area contributed by atoms with Crippen molar-refractivity contribution in [2.75, 3.05) is 0 Å². The van der Waals surface area contributed by atoms with Crippen LogP contribution >= 0.6 is 0 Å². The predicted octanol–water partition coefficient (Wildman–Crippen LogP) is 1.23. The first-order valence-electron chi connectivity index (χ1n) is 3.16. The molecule has 3 heteroatoms. The summed E-state index contributed by atoms with van der Waals surface area (Å²) in [4.78, 5) is 0. The van der Waals surface area contributed by atoms with Crippen LogP contribution in [0.1, 0.15) is 5.69 Å². The Balaban J connectivity index is 2.89. The average molecular weight is 142 g/mol. The Bertz CT molecular complexity index is 422. The summed E-state index contributed by atoms with van der Waals surface area (Å²) in [5.41, 5.74) is 1.30. The van der Waals surface area contributed by atoms with Crippen molar-refractivity contribution < 1.29 is 0 Å². The molecule has 0 saturated heterocycles. The lowest BCUT2D eigenvalue weighted by Gasteiger charge is -1.82. The van der Waals surface area contributed by atoms with Crippen molar-refractivity contribution in [3.8, 4) is 6.07 Å². The molecular formula is C8H4N3. The third kappa shape index (κ3) is 0.767. The van der Waals surface area contributed by atoms with Gasteiger partial charge in [0.2, 0.25) is 0 Å². The van der Waals surface area contributed by atoms with Crippen molar-refractivity contribution in [3.05, 3.63) is 30.0 Å². The molecule has 3 nitrogen and oxygen atoms in total. The maximum Gasteiger partial charge on any atom is 0.170 e. The van der Waals surface area contributed by atoms with Gasteiger partial charge in [0.15, 0.2) is 5.69 Å². The van der Waals surface area contributed by atoms with Gasteiger partial charge in [-0.05, 0) is 18.2 Å². The SMILES string of the molecule is N#Cc1n[nH]c2cc[c]cc12. The molecule has 0 bridgehead atoms. The lowest BCUT2D eigenvalue weighted by atomic mass is 10.2. The minimum Gasteiger partial charge on any atom is -0.276 e. The number of rotatable bonds is 0. The zero-order valence-electron chi connectivity index (χ0n) is 5.63. The van der Waals surface area contributed by atoms with Crippen molar-refractivity contribution in [1.82, 2.24) is 10.2 Å². The number of hydrogen-bond acceptors (Lipinski definition) is 2. The van der Waals surface area contributed by atoms with E-state index in [1.165, 1.54) is 0 Å². The van der Waals surface area contributed by atoms with Gasteiger partial charge in [-0.3, -0.25) is 5.10 Å². The van der Waals surface area contributed by atoms with Crippen LogP contribution in [0.3, 0.4) is 0 Å². The van der Waals surface area contributed by atoms with Crippen LogP contribution in [0.25, 0.3) is 10.9 Å². The molecule has 1 radical (unpaired) electrons. The van der Waals surface area contributed by atoms with Crippen LogP contribution in [0.5, 0.6) is 0 Å². The zero-order chi connectivity index (χ0) is 7.68. The lowest BCUT2D eigenvalue weighted by molar-refractivity contribution is 1.10. The lowest BCUT2D eigenvalue weighted by Crippen LogP contribution is -1.71. The number of nitriles is 1. The first-order valence-corrected chi connectivity index (χ1v) is 3.16. The summed E-state index contributed by atoms with van der Waals surface area (Å²) >= 11 is 0. The van der Waals surface area contributed by atoms with Gasteiger partial charge < -0.3 is 0 Å². The highest BCUT2D eigenvalue weighted by atomic mass is 15.1. The molecule has 0 fully saturated rings. The Kier molecular flexibility index (Phi) is 1.13. The molecule has 2 rings (SSSR count). The van der Waals surface area contributed by atoms with Crippen LogP contribution in [0.2, 0.25) is 0 Å². The summed E-state index contributed by atoms with van der Waals surface area (Å²) in [7, 11) is 0. The van der Waals surface area contributed by atoms with Gasteiger partial charge in [-0.1, -0.05) is 6.07 Å². The highest BCUT2D eigenvalue weighted by Crippen LogP contribution is 2.12. The van der Waals surface area contributed by atoms with Gasteiger partial charge in [-0.15, -0.1) is 0 Å². The molecule has 0 aliphatic heterocycles. The van der Waals surface area contributed by atoms with Crippen molar-refractivity contribution in [2.45, 2.75) is 0 Å². The van der Waals surface area contributed by atoms with Crippen LogP contribution in [0, 0.1) is 17.4 Å². The fourth-order valence-corrected chi connectivity index (χ4v) is 0.985. The van der Waals surface area contributed by atoms with Crippen LogP contribution in [-0.4, -0.2) is 10.2 Å². The molecule has 0 aliphatic carbocycles. The molecule has 0 unspecified atom stereocenters. The van der Waals surface area contributed by atoms with Crippen LogP contribution in [0.4, 0.5) is 0 Å². The summed E-state index contributed by atoms with van der Waals surface area (Å²) in [6, 6.07) is 10.2. The fraction of sp³-hybridized carbons (Fsp3) is 0. The van der Waals surface area contributed by atoms with E-state index in [-0.39, 0.29) is 0 Å². The van der Waals surface area contributed by atoms with Crippen LogP contribution in [0.15, 0.2) is 18.2 Å². The van der Waals surface area contributed by atoms with E-state index in [1.54, 1.807) is 12.1 Å². The Morgan fingerprint density at radius 1 is 1.64 bits per heavy atom. The van der Waals surface area contributed by atoms with Gasteiger partial charge in [0, 0.05) is 5.39 Å². The summed E-state index contributed by atoms with van der Waals surface area (Å²) < 4.78 is 0. The minimum absolute atomic E-state index is 0.428. The fourth-order valence-electron chi connectivity index (χ4n) is 0.985. The largest absolute Gasteiger partial charge is 0.276 e. The number of aromatic amines is 1. The second-order valence-electron chi connectivity index (χ2n) is 2.16. The highest BCUT2D eigenvalue weighted by Gasteiger charge is 2.01. The Morgan fingerprint density at radius 2 is 2.55 bits per heavy atom. The smallest absolute Gasteiger partial charge is 0.170 e. The quantitative estimate of drug-likeness (QED) is 0.601. The normalized spacial score (nSPS) is 9.73. The van der Waals surface area contributed by atoms with E-state index < -0.39 is 0 Å². The standard InChI is InChI=1S/C8H4N3/c9-5-8-6-3-1-2-4-7(6)10-11-8/h2-4H,(H,10,11). The average Bonchev–Trinajstić information content (AvgIpc) is 2.47. The van der Waals surface area contributed by atoms with Gasteiger partial charge in [-0.25, -0.2) is 0 Å². The van der Waals surface area contributed by atoms with E-state index in [9.17, 15) is 0 Å². The molecule has 0 aliphatic rings. The molecule has 1 heterocycles. The van der Waals surface area contributed by atoms with E-state index in [0.717, 1.165) is 10.9 Å². The second-order valence-corrected chi connectivity index (χ2v) is 2.16. The van der Waals surface area contributed by atoms with Crippen molar-refractivity contribution in [1.29, 1.82) is 5.26 Å². The van der Waals surface area contributed by atoms with E-state index in [4.69, 9.17) is 5.26 Å². The highest BCUT2D eigenvalue weighted by molar-refractivity contribution is 5.83. The maximum atomic E-state index is 8.58. The van der Waals surface area contributed by atoms with Gasteiger partial charge in [0.25, 0.3) is 0 Å². The van der Waals surface area contributed by atoms with E-state index in [1.807, 2.05) is 12.1 Å². The molecule has 2 aromatic rings. The third-order valence-electron chi connectivity index (χ3n) is 1.51. The third-order valence-corrected chi connectivity index (χ3v) is 1.51. The summed E-state index contributed by atoms with van der Waals surface area (Å²) in [5.74, 6) is 0. The number of aromatic nitrogens is 2. The molecular weight excluding hydrogens is 138 g/mol. The molecule has 1 aromatic carbocycles. The van der Waals surface area contributed by atoms with Gasteiger partial charge in [0.1, 0.15) is 6.07 Å². The Hall–Kier alpha value is -1.82. The Labute approximate surface area is 63.3 Å². The molecule has 0 saturated carbocycles. The van der Waals surface area contributed by atoms with Crippen LogP contribution in [-0.2, 0) is 0 Å². The maximum absolute atomic E-state index is 8.58. The van der Waals surface area contributed by atoms with Crippen molar-refractivity contribution in [2.24, 2.45) is 0 Å². The van der Waals surface area contributed by atoms with Gasteiger partial charge in [0.05, 0.1) is 5.52 Å². The predicted molar refractivity (Wildman–Crippen MR) is 39.6 cm³/mol. The number of hydrogen-bond donors (Lipinski definition) is 1. The molecule has 0 amide bonds. The minimum atomic E-state index is 0.428. The van der Waals surface area contributed by atoms with Crippen LogP contribution < -0.4 is 0 Å². The first kappa shape index (κ1) is 5.93. The number of fused-ring (bicyclic) bond motifs is 1. The summed E-state index contributed by atoms with van der Waals surface area (Å²) in [5, 5.41) is 16.0. The first-order chi connectivity index (χ1) is 5.42. The number of H-pyrrole nitrogens is 1. The number of nitrogens with one attached hydrogen (secondary N) is 1. The van der Waals surface area contributed by atoms with Gasteiger partial charge >= 0.3 is 0 Å². The van der Waals surface area contributed by atoms with E-state index in [0.29, 0.717) is 5.69 Å². The molecule has 1 aromatic heterocycles. The Morgan fingerprint density at radius 3 is 3.36 bits per heavy atom. The van der Waals surface area contributed by atoms with Crippen molar-refractivity contribution >= 4 is 10.9 Å². The van der Waals surface area contributed by atoms with E-state index in [2.05, 4.69) is 16.3 Å². The monoisotopic (exact) mass is 142 g/mol. The second kappa shape index (κ2) is 2.10. The molecule has 11 heavy (non-hydrogen) atoms.